The van der Waals surface area contributed by atoms with Crippen molar-refractivity contribution in [3.63, 3.8) is 0 Å². The average Bonchev–Trinajstić information content (AvgIpc) is 2.66. The van der Waals surface area contributed by atoms with Crippen LogP contribution in [0.5, 0.6) is 5.75 Å². The van der Waals surface area contributed by atoms with Crippen molar-refractivity contribution < 1.29 is 17.9 Å². The SMILES string of the molecule is CCCCOc1ccc(C2CCC(c3ccc(C)cc3F)CC2)c(F)c1F. The molecule has 27 heavy (non-hydrogen) atoms. The Morgan fingerprint density at radius 3 is 2.15 bits per heavy atom. The van der Waals surface area contributed by atoms with Gasteiger partial charge in [0.05, 0.1) is 6.61 Å². The first-order valence-electron chi connectivity index (χ1n) is 9.88. The van der Waals surface area contributed by atoms with Gasteiger partial charge in [-0.3, -0.25) is 0 Å². The van der Waals surface area contributed by atoms with Gasteiger partial charge in [-0.05, 0) is 79.7 Å². The fraction of sp³-hybridized carbons (Fsp3) is 0.478. The summed E-state index contributed by atoms with van der Waals surface area (Å²) in [5.41, 5.74) is 2.06. The Hall–Kier alpha value is -1.97. The molecule has 0 unspecified atom stereocenters. The topological polar surface area (TPSA) is 9.23 Å². The van der Waals surface area contributed by atoms with E-state index in [1.165, 1.54) is 6.07 Å². The average molecular weight is 376 g/mol. The molecule has 0 heterocycles. The highest BCUT2D eigenvalue weighted by Crippen LogP contribution is 2.42. The van der Waals surface area contributed by atoms with Crippen molar-refractivity contribution in [3.05, 3.63) is 64.5 Å². The van der Waals surface area contributed by atoms with Gasteiger partial charge in [-0.15, -0.1) is 0 Å². The van der Waals surface area contributed by atoms with Crippen LogP contribution >= 0.6 is 0 Å². The quantitative estimate of drug-likeness (QED) is 0.492. The van der Waals surface area contributed by atoms with E-state index in [1.807, 2.05) is 26.0 Å². The Bertz CT molecular complexity index is 779. The second kappa shape index (κ2) is 8.81. The molecule has 0 saturated heterocycles. The minimum Gasteiger partial charge on any atom is -0.490 e. The van der Waals surface area contributed by atoms with Crippen molar-refractivity contribution in [2.75, 3.05) is 6.61 Å². The lowest BCUT2D eigenvalue weighted by molar-refractivity contribution is 0.286. The van der Waals surface area contributed by atoms with E-state index in [0.29, 0.717) is 12.2 Å². The first kappa shape index (κ1) is 19.8. The van der Waals surface area contributed by atoms with Gasteiger partial charge in [-0.1, -0.05) is 31.5 Å². The van der Waals surface area contributed by atoms with Crippen LogP contribution in [0.3, 0.4) is 0 Å². The number of hydrogen-bond acceptors (Lipinski definition) is 1. The maximum Gasteiger partial charge on any atom is 0.200 e. The number of unbranched alkanes of at least 4 members (excludes halogenated alkanes) is 1. The van der Waals surface area contributed by atoms with E-state index < -0.39 is 11.6 Å². The van der Waals surface area contributed by atoms with Crippen molar-refractivity contribution in [1.29, 1.82) is 0 Å². The number of benzene rings is 2. The maximum absolute atomic E-state index is 14.6. The third-order valence-electron chi connectivity index (χ3n) is 5.59. The first-order valence-corrected chi connectivity index (χ1v) is 9.88. The van der Waals surface area contributed by atoms with E-state index in [2.05, 4.69) is 0 Å². The van der Waals surface area contributed by atoms with Crippen LogP contribution in [0.2, 0.25) is 0 Å². The molecule has 0 bridgehead atoms. The van der Waals surface area contributed by atoms with Crippen LogP contribution in [-0.2, 0) is 0 Å². The molecule has 0 aliphatic heterocycles. The minimum absolute atomic E-state index is 0.0138. The van der Waals surface area contributed by atoms with Crippen LogP contribution in [-0.4, -0.2) is 6.61 Å². The lowest BCUT2D eigenvalue weighted by Gasteiger charge is -2.29. The second-order valence-corrected chi connectivity index (χ2v) is 7.56. The number of rotatable bonds is 6. The van der Waals surface area contributed by atoms with Gasteiger partial charge in [0.1, 0.15) is 5.82 Å². The molecule has 0 radical (unpaired) electrons. The van der Waals surface area contributed by atoms with Crippen molar-refractivity contribution in [1.82, 2.24) is 0 Å². The largest absolute Gasteiger partial charge is 0.490 e. The van der Waals surface area contributed by atoms with E-state index in [9.17, 15) is 13.2 Å². The van der Waals surface area contributed by atoms with Crippen molar-refractivity contribution in [2.45, 2.75) is 64.2 Å². The highest BCUT2D eigenvalue weighted by atomic mass is 19.2. The van der Waals surface area contributed by atoms with Gasteiger partial charge < -0.3 is 4.74 Å². The van der Waals surface area contributed by atoms with Crippen LogP contribution in [0.1, 0.15) is 74.0 Å². The Morgan fingerprint density at radius 2 is 1.52 bits per heavy atom. The molecule has 1 nitrogen and oxygen atoms in total. The summed E-state index contributed by atoms with van der Waals surface area (Å²) in [6.07, 6.45) is 4.76. The lowest BCUT2D eigenvalue weighted by Crippen LogP contribution is -2.15. The van der Waals surface area contributed by atoms with Gasteiger partial charge in [0.2, 0.25) is 5.82 Å². The third-order valence-corrected chi connectivity index (χ3v) is 5.59. The van der Waals surface area contributed by atoms with Gasteiger partial charge in [-0.2, -0.15) is 4.39 Å². The zero-order valence-electron chi connectivity index (χ0n) is 16.0. The Labute approximate surface area is 159 Å². The second-order valence-electron chi connectivity index (χ2n) is 7.56. The van der Waals surface area contributed by atoms with Gasteiger partial charge in [-0.25, -0.2) is 8.78 Å². The highest BCUT2D eigenvalue weighted by molar-refractivity contribution is 5.34. The number of halogens is 3. The first-order chi connectivity index (χ1) is 13.0. The third kappa shape index (κ3) is 4.48. The van der Waals surface area contributed by atoms with E-state index in [1.54, 1.807) is 12.1 Å². The van der Waals surface area contributed by atoms with Gasteiger partial charge in [0.25, 0.3) is 0 Å². The zero-order chi connectivity index (χ0) is 19.4. The molecule has 0 atom stereocenters. The summed E-state index contributed by atoms with van der Waals surface area (Å²) in [6, 6.07) is 8.54. The number of hydrogen-bond donors (Lipinski definition) is 0. The summed E-state index contributed by atoms with van der Waals surface area (Å²) < 4.78 is 48.5. The predicted octanol–water partition coefficient (Wildman–Crippen LogP) is 7.03. The molecule has 0 N–H and O–H groups in total. The van der Waals surface area contributed by atoms with Crippen LogP contribution in [0.25, 0.3) is 0 Å². The smallest absolute Gasteiger partial charge is 0.200 e. The molecular formula is C23H27F3O. The minimum atomic E-state index is -0.893. The summed E-state index contributed by atoms with van der Waals surface area (Å²) in [6.45, 7) is 4.28. The Kier molecular flexibility index (Phi) is 6.46. The summed E-state index contributed by atoms with van der Waals surface area (Å²) in [4.78, 5) is 0. The fourth-order valence-electron chi connectivity index (χ4n) is 3.98. The standard InChI is InChI=1S/C23H27F3O/c1-3-4-13-27-21-12-11-19(22(25)23(21)26)17-8-6-16(7-9-17)18-10-5-15(2)14-20(18)24/h5,10-12,14,16-17H,3-4,6-9,13H2,1-2H3. The van der Waals surface area contributed by atoms with Crippen LogP contribution in [0.15, 0.2) is 30.3 Å². The summed E-state index contributed by atoms with van der Waals surface area (Å²) >= 11 is 0. The summed E-state index contributed by atoms with van der Waals surface area (Å²) in [5.74, 6) is -1.76. The van der Waals surface area contributed by atoms with Crippen LogP contribution < -0.4 is 4.74 Å². The zero-order valence-corrected chi connectivity index (χ0v) is 16.0. The molecular weight excluding hydrogens is 349 g/mol. The van der Waals surface area contributed by atoms with E-state index >= 15 is 0 Å². The van der Waals surface area contributed by atoms with Crippen molar-refractivity contribution in [3.8, 4) is 5.75 Å². The van der Waals surface area contributed by atoms with Crippen LogP contribution in [0.4, 0.5) is 13.2 Å². The predicted molar refractivity (Wildman–Crippen MR) is 102 cm³/mol. The summed E-state index contributed by atoms with van der Waals surface area (Å²) in [5, 5.41) is 0. The molecule has 0 spiro atoms. The molecule has 1 aliphatic carbocycles. The van der Waals surface area contributed by atoms with Gasteiger partial charge >= 0.3 is 0 Å². The van der Waals surface area contributed by atoms with E-state index in [4.69, 9.17) is 4.74 Å². The molecule has 1 saturated carbocycles. The van der Waals surface area contributed by atoms with Crippen molar-refractivity contribution >= 4 is 0 Å². The molecule has 0 amide bonds. The van der Waals surface area contributed by atoms with Gasteiger partial charge in [0.15, 0.2) is 11.6 Å². The molecule has 1 aliphatic rings. The molecule has 146 valence electrons. The molecule has 2 aromatic rings. The Morgan fingerprint density at radius 1 is 0.889 bits per heavy atom. The Balaban J connectivity index is 1.68. The molecule has 4 heteroatoms. The fourth-order valence-corrected chi connectivity index (χ4v) is 3.98. The summed E-state index contributed by atoms with van der Waals surface area (Å²) in [7, 11) is 0. The van der Waals surface area contributed by atoms with Gasteiger partial charge in [0, 0.05) is 0 Å². The number of aryl methyl sites for hydroxylation is 1. The van der Waals surface area contributed by atoms with Crippen LogP contribution in [0, 0.1) is 24.4 Å². The van der Waals surface area contributed by atoms with E-state index in [-0.39, 0.29) is 23.4 Å². The number of ether oxygens (including phenoxy) is 1. The maximum atomic E-state index is 14.6. The highest BCUT2D eigenvalue weighted by Gasteiger charge is 2.28. The molecule has 3 rings (SSSR count). The molecule has 1 fully saturated rings. The molecule has 0 aromatic heterocycles. The molecule has 2 aromatic carbocycles. The normalized spacial score (nSPS) is 19.9. The van der Waals surface area contributed by atoms with Crippen molar-refractivity contribution in [2.24, 2.45) is 0 Å². The van der Waals surface area contributed by atoms with E-state index in [0.717, 1.165) is 49.7 Å². The monoisotopic (exact) mass is 376 g/mol. The lowest BCUT2D eigenvalue weighted by atomic mass is 9.76.